The highest BCUT2D eigenvalue weighted by atomic mass is 16.5. The van der Waals surface area contributed by atoms with Crippen LogP contribution in [0, 0.1) is 0 Å². The van der Waals surface area contributed by atoms with Gasteiger partial charge in [-0.25, -0.2) is 4.98 Å². The number of carbonyl (C=O) groups is 2. The third-order valence-electron chi connectivity index (χ3n) is 7.13. The van der Waals surface area contributed by atoms with Crippen molar-refractivity contribution in [2.75, 3.05) is 46.5 Å². The van der Waals surface area contributed by atoms with Crippen LogP contribution in [0.4, 0.5) is 0 Å². The van der Waals surface area contributed by atoms with Crippen molar-refractivity contribution in [3.05, 3.63) is 78.1 Å². The predicted octanol–water partition coefficient (Wildman–Crippen LogP) is 4.26. The maximum atomic E-state index is 12.8. The minimum absolute atomic E-state index is 0.0192. The van der Waals surface area contributed by atoms with Gasteiger partial charge >= 0.3 is 0 Å². The average Bonchev–Trinajstić information content (AvgIpc) is 3.34. The SMILES string of the molecule is COc1cccc(-c2nc3ccc(-c4ccc(C(C)=O)cc4)cn3c2CCC(=O)NCCN2CCOCC2)c1. The van der Waals surface area contributed by atoms with E-state index in [9.17, 15) is 9.59 Å². The van der Waals surface area contributed by atoms with E-state index in [2.05, 4.69) is 20.8 Å². The second-order valence-corrected chi connectivity index (χ2v) is 9.72. The largest absolute Gasteiger partial charge is 0.497 e. The second-order valence-electron chi connectivity index (χ2n) is 9.72. The lowest BCUT2D eigenvalue weighted by Gasteiger charge is -2.26. The van der Waals surface area contributed by atoms with Crippen LogP contribution in [0.15, 0.2) is 66.9 Å². The van der Waals surface area contributed by atoms with Crippen molar-refractivity contribution in [2.45, 2.75) is 19.8 Å². The number of fused-ring (bicyclic) bond motifs is 1. The molecule has 1 aliphatic heterocycles. The van der Waals surface area contributed by atoms with E-state index in [4.69, 9.17) is 14.5 Å². The minimum atomic E-state index is 0.0192. The second kappa shape index (κ2) is 12.2. The first-order chi connectivity index (χ1) is 19.0. The highest BCUT2D eigenvalue weighted by molar-refractivity contribution is 5.94. The van der Waals surface area contributed by atoms with Gasteiger partial charge in [-0.05, 0) is 48.7 Å². The summed E-state index contributed by atoms with van der Waals surface area (Å²) in [6.45, 7) is 6.32. The summed E-state index contributed by atoms with van der Waals surface area (Å²) in [4.78, 5) is 31.8. The lowest BCUT2D eigenvalue weighted by Crippen LogP contribution is -2.41. The zero-order valence-electron chi connectivity index (χ0n) is 22.5. The molecule has 0 atom stereocenters. The van der Waals surface area contributed by atoms with Crippen LogP contribution in [0.5, 0.6) is 5.75 Å². The predicted molar refractivity (Wildman–Crippen MR) is 151 cm³/mol. The first-order valence-corrected chi connectivity index (χ1v) is 13.4. The number of amides is 1. The van der Waals surface area contributed by atoms with Crippen LogP contribution < -0.4 is 10.1 Å². The first kappa shape index (κ1) is 26.6. The fourth-order valence-electron chi connectivity index (χ4n) is 4.90. The third kappa shape index (κ3) is 6.35. The van der Waals surface area contributed by atoms with Crippen LogP contribution in [-0.4, -0.2) is 72.5 Å². The molecule has 1 aliphatic rings. The van der Waals surface area contributed by atoms with Gasteiger partial charge in [-0.3, -0.25) is 14.5 Å². The lowest BCUT2D eigenvalue weighted by molar-refractivity contribution is -0.121. The maximum Gasteiger partial charge on any atom is 0.220 e. The number of carbonyl (C=O) groups excluding carboxylic acids is 2. The smallest absolute Gasteiger partial charge is 0.220 e. The van der Waals surface area contributed by atoms with Gasteiger partial charge in [-0.1, -0.05) is 36.4 Å². The molecular weight excluding hydrogens is 492 g/mol. The number of aryl methyl sites for hydroxylation is 1. The van der Waals surface area contributed by atoms with Gasteiger partial charge in [0.15, 0.2) is 5.78 Å². The Labute approximate surface area is 228 Å². The minimum Gasteiger partial charge on any atom is -0.497 e. The van der Waals surface area contributed by atoms with E-state index in [1.807, 2.05) is 60.7 Å². The molecule has 202 valence electrons. The molecule has 1 amide bonds. The zero-order valence-corrected chi connectivity index (χ0v) is 22.5. The normalized spacial score (nSPS) is 13.9. The molecule has 0 aliphatic carbocycles. The highest BCUT2D eigenvalue weighted by Gasteiger charge is 2.17. The van der Waals surface area contributed by atoms with E-state index in [0.717, 1.165) is 72.3 Å². The summed E-state index contributed by atoms with van der Waals surface area (Å²) in [5, 5.41) is 3.07. The molecule has 2 aromatic carbocycles. The standard InChI is InChI=1S/C31H34N4O4/c1-22(36)23-6-8-24(9-7-23)26-10-12-29-33-31(25-4-3-5-27(20-25)38-2)28(35(29)21-26)11-13-30(37)32-14-15-34-16-18-39-19-17-34/h3-10,12,20-21H,11,13-19H2,1-2H3,(H,32,37). The average molecular weight is 527 g/mol. The number of methoxy groups -OCH3 is 1. The van der Waals surface area contributed by atoms with E-state index in [1.54, 1.807) is 14.0 Å². The van der Waals surface area contributed by atoms with Crippen molar-refractivity contribution in [1.29, 1.82) is 0 Å². The summed E-state index contributed by atoms with van der Waals surface area (Å²) in [5.74, 6) is 0.813. The molecule has 0 bridgehead atoms. The molecule has 1 N–H and O–H groups in total. The maximum absolute atomic E-state index is 12.8. The molecule has 1 saturated heterocycles. The Bertz CT molecular complexity index is 1460. The van der Waals surface area contributed by atoms with E-state index in [0.29, 0.717) is 24.9 Å². The van der Waals surface area contributed by atoms with E-state index in [-0.39, 0.29) is 11.7 Å². The van der Waals surface area contributed by atoms with Crippen molar-refractivity contribution in [2.24, 2.45) is 0 Å². The van der Waals surface area contributed by atoms with Crippen LogP contribution in [-0.2, 0) is 16.0 Å². The Balaban J connectivity index is 1.40. The van der Waals surface area contributed by atoms with E-state index >= 15 is 0 Å². The van der Waals surface area contributed by atoms with Gasteiger partial charge in [0.05, 0.1) is 31.7 Å². The number of ketones is 1. The number of nitrogens with one attached hydrogen (secondary N) is 1. The fourth-order valence-corrected chi connectivity index (χ4v) is 4.90. The molecule has 8 heteroatoms. The van der Waals surface area contributed by atoms with Crippen molar-refractivity contribution < 1.29 is 19.1 Å². The topological polar surface area (TPSA) is 85.2 Å². The van der Waals surface area contributed by atoms with Gasteiger partial charge in [0.1, 0.15) is 11.4 Å². The molecular formula is C31H34N4O4. The molecule has 1 fully saturated rings. The number of nitrogens with zero attached hydrogens (tertiary/aromatic N) is 3. The van der Waals surface area contributed by atoms with Gasteiger partial charge < -0.3 is 19.2 Å². The van der Waals surface area contributed by atoms with Crippen LogP contribution in [0.2, 0.25) is 0 Å². The number of aromatic nitrogens is 2. The number of rotatable bonds is 10. The summed E-state index contributed by atoms with van der Waals surface area (Å²) in [7, 11) is 1.65. The summed E-state index contributed by atoms with van der Waals surface area (Å²) < 4.78 is 12.9. The lowest BCUT2D eigenvalue weighted by atomic mass is 10.0. The highest BCUT2D eigenvalue weighted by Crippen LogP contribution is 2.30. The Kier molecular flexibility index (Phi) is 8.34. The molecule has 8 nitrogen and oxygen atoms in total. The van der Waals surface area contributed by atoms with Gasteiger partial charge in [0.25, 0.3) is 0 Å². The van der Waals surface area contributed by atoms with Crippen molar-refractivity contribution in [1.82, 2.24) is 19.6 Å². The Morgan fingerprint density at radius 1 is 1.00 bits per heavy atom. The molecule has 0 spiro atoms. The Hall–Kier alpha value is -4.01. The number of morpholine rings is 1. The number of hydrogen-bond acceptors (Lipinski definition) is 6. The molecule has 3 heterocycles. The van der Waals surface area contributed by atoms with Gasteiger partial charge in [0.2, 0.25) is 5.91 Å². The van der Waals surface area contributed by atoms with Crippen molar-refractivity contribution >= 4 is 17.3 Å². The molecule has 39 heavy (non-hydrogen) atoms. The van der Waals surface area contributed by atoms with Crippen LogP contribution in [0.1, 0.15) is 29.4 Å². The third-order valence-corrected chi connectivity index (χ3v) is 7.13. The van der Waals surface area contributed by atoms with Crippen LogP contribution in [0.25, 0.3) is 28.0 Å². The Morgan fingerprint density at radius 3 is 2.51 bits per heavy atom. The molecule has 4 aromatic rings. The molecule has 5 rings (SSSR count). The zero-order chi connectivity index (χ0) is 27.2. The number of Topliss-reactive ketones (excluding diaryl/α,β-unsaturated/α-hetero) is 1. The summed E-state index contributed by atoms with van der Waals surface area (Å²) in [6, 6.07) is 19.5. The van der Waals surface area contributed by atoms with E-state index in [1.165, 1.54) is 0 Å². The Morgan fingerprint density at radius 2 is 1.77 bits per heavy atom. The monoisotopic (exact) mass is 526 g/mol. The van der Waals surface area contributed by atoms with Gasteiger partial charge in [-0.15, -0.1) is 0 Å². The summed E-state index contributed by atoms with van der Waals surface area (Å²) in [5.41, 5.74) is 6.23. The molecule has 0 radical (unpaired) electrons. The number of benzene rings is 2. The molecule has 0 unspecified atom stereocenters. The first-order valence-electron chi connectivity index (χ1n) is 13.4. The summed E-state index contributed by atoms with van der Waals surface area (Å²) >= 11 is 0. The quantitative estimate of drug-likeness (QED) is 0.311. The van der Waals surface area contributed by atoms with Crippen LogP contribution in [0.3, 0.4) is 0 Å². The number of hydrogen-bond donors (Lipinski definition) is 1. The number of pyridine rings is 1. The van der Waals surface area contributed by atoms with Crippen molar-refractivity contribution in [3.8, 4) is 28.1 Å². The molecule has 0 saturated carbocycles. The van der Waals surface area contributed by atoms with Gasteiger partial charge in [-0.2, -0.15) is 0 Å². The fraction of sp³-hybridized carbons (Fsp3) is 0.323. The van der Waals surface area contributed by atoms with Gasteiger partial charge in [0, 0.05) is 49.9 Å². The summed E-state index contributed by atoms with van der Waals surface area (Å²) in [6.07, 6.45) is 2.94. The molecule has 2 aromatic heterocycles. The van der Waals surface area contributed by atoms with Crippen molar-refractivity contribution in [3.63, 3.8) is 0 Å². The number of imidazole rings is 1. The number of ether oxygens (including phenoxy) is 2. The van der Waals surface area contributed by atoms with Crippen LogP contribution >= 0.6 is 0 Å². The van der Waals surface area contributed by atoms with E-state index < -0.39 is 0 Å².